The molecule has 0 saturated carbocycles. The van der Waals surface area contributed by atoms with Crippen LogP contribution < -0.4 is 10.6 Å². The number of benzene rings is 1. The van der Waals surface area contributed by atoms with Crippen LogP contribution in [-0.2, 0) is 0 Å². The molecule has 0 aliphatic carbocycles. The van der Waals surface area contributed by atoms with Gasteiger partial charge in [0.05, 0.1) is 4.92 Å². The fraction of sp³-hybridized carbons (Fsp3) is 0.538. The number of hydrogen-bond acceptors (Lipinski definition) is 4. The smallest absolute Gasteiger partial charge is 0.271 e. The lowest BCUT2D eigenvalue weighted by Gasteiger charge is -2.34. The third kappa shape index (κ3) is 3.20. The molecule has 1 aliphatic rings. The van der Waals surface area contributed by atoms with E-state index in [4.69, 9.17) is 0 Å². The summed E-state index contributed by atoms with van der Waals surface area (Å²) in [6.45, 7) is 5.16. The van der Waals surface area contributed by atoms with Gasteiger partial charge in [0.15, 0.2) is 0 Å². The summed E-state index contributed by atoms with van der Waals surface area (Å²) in [6, 6.07) is 6.67. The van der Waals surface area contributed by atoms with E-state index in [-0.39, 0.29) is 16.0 Å². The molecule has 0 bridgehead atoms. The van der Waals surface area contributed by atoms with Gasteiger partial charge in [-0.15, -0.1) is 0 Å². The monoisotopic (exact) mass is 249 g/mol. The maximum Gasteiger partial charge on any atom is 0.271 e. The van der Waals surface area contributed by atoms with E-state index in [1.165, 1.54) is 18.9 Å². The van der Waals surface area contributed by atoms with Crippen molar-refractivity contribution in [3.8, 4) is 0 Å². The summed E-state index contributed by atoms with van der Waals surface area (Å²) in [5.74, 6) is 0. The molecule has 1 atom stereocenters. The number of non-ortho nitro benzene ring substituents is 1. The molecule has 2 N–H and O–H groups in total. The summed E-state index contributed by atoms with van der Waals surface area (Å²) >= 11 is 0. The Balaban J connectivity index is 1.97. The quantitative estimate of drug-likeness (QED) is 0.635. The first-order chi connectivity index (χ1) is 8.59. The van der Waals surface area contributed by atoms with Crippen LogP contribution in [0.15, 0.2) is 24.3 Å². The van der Waals surface area contributed by atoms with Crippen molar-refractivity contribution in [2.75, 3.05) is 25.0 Å². The Hall–Kier alpha value is -1.62. The van der Waals surface area contributed by atoms with Crippen molar-refractivity contribution in [1.82, 2.24) is 5.32 Å². The summed E-state index contributed by atoms with van der Waals surface area (Å²) in [4.78, 5) is 10.3. The Labute approximate surface area is 107 Å². The Bertz CT molecular complexity index is 428. The number of nitro benzene ring substituents is 1. The summed E-state index contributed by atoms with van der Waals surface area (Å²) in [6.07, 6.45) is 2.37. The summed E-state index contributed by atoms with van der Waals surface area (Å²) < 4.78 is 0. The lowest BCUT2D eigenvalue weighted by molar-refractivity contribution is -0.384. The fourth-order valence-corrected chi connectivity index (χ4v) is 2.31. The minimum Gasteiger partial charge on any atom is -0.384 e. The molecule has 98 valence electrons. The topological polar surface area (TPSA) is 67.2 Å². The molecule has 5 nitrogen and oxygen atoms in total. The highest BCUT2D eigenvalue weighted by atomic mass is 16.6. The lowest BCUT2D eigenvalue weighted by atomic mass is 9.83. The van der Waals surface area contributed by atoms with Gasteiger partial charge in [0, 0.05) is 30.9 Å². The molecule has 18 heavy (non-hydrogen) atoms. The molecule has 1 aromatic rings. The van der Waals surface area contributed by atoms with Gasteiger partial charge in [-0.05, 0) is 30.9 Å². The van der Waals surface area contributed by atoms with Crippen molar-refractivity contribution in [2.45, 2.75) is 19.8 Å². The second-order valence-corrected chi connectivity index (χ2v) is 5.25. The minimum atomic E-state index is -0.366. The van der Waals surface area contributed by atoms with Gasteiger partial charge >= 0.3 is 0 Å². The van der Waals surface area contributed by atoms with Crippen LogP contribution in [0.2, 0.25) is 0 Å². The van der Waals surface area contributed by atoms with Crippen molar-refractivity contribution in [2.24, 2.45) is 5.41 Å². The predicted molar refractivity (Wildman–Crippen MR) is 71.8 cm³/mol. The molecule has 1 aliphatic heterocycles. The Morgan fingerprint density at radius 1 is 1.56 bits per heavy atom. The van der Waals surface area contributed by atoms with Crippen LogP contribution >= 0.6 is 0 Å². The second kappa shape index (κ2) is 5.35. The molecule has 1 saturated heterocycles. The molecule has 0 spiro atoms. The van der Waals surface area contributed by atoms with Gasteiger partial charge in [0.2, 0.25) is 0 Å². The fourth-order valence-electron chi connectivity index (χ4n) is 2.31. The molecular formula is C13H19N3O2. The van der Waals surface area contributed by atoms with Gasteiger partial charge < -0.3 is 10.6 Å². The molecule has 0 radical (unpaired) electrons. The number of rotatable bonds is 4. The van der Waals surface area contributed by atoms with Crippen LogP contribution in [0.4, 0.5) is 11.4 Å². The van der Waals surface area contributed by atoms with Gasteiger partial charge in [-0.3, -0.25) is 10.1 Å². The number of nitrogens with one attached hydrogen (secondary N) is 2. The average Bonchev–Trinajstić information content (AvgIpc) is 2.38. The maximum absolute atomic E-state index is 10.7. The van der Waals surface area contributed by atoms with Gasteiger partial charge in [0.25, 0.3) is 5.69 Å². The zero-order chi connectivity index (χ0) is 13.0. The lowest BCUT2D eigenvalue weighted by Crippen LogP contribution is -2.42. The van der Waals surface area contributed by atoms with Crippen molar-refractivity contribution >= 4 is 11.4 Å². The maximum atomic E-state index is 10.7. The highest BCUT2D eigenvalue weighted by molar-refractivity contribution is 5.51. The predicted octanol–water partition coefficient (Wildman–Crippen LogP) is 2.40. The van der Waals surface area contributed by atoms with E-state index in [9.17, 15) is 10.1 Å². The Morgan fingerprint density at radius 2 is 2.39 bits per heavy atom. The highest BCUT2D eigenvalue weighted by Crippen LogP contribution is 2.26. The van der Waals surface area contributed by atoms with E-state index in [2.05, 4.69) is 17.6 Å². The molecule has 0 amide bonds. The third-order valence-electron chi connectivity index (χ3n) is 3.46. The molecular weight excluding hydrogens is 230 g/mol. The van der Waals surface area contributed by atoms with Crippen LogP contribution in [0.1, 0.15) is 19.8 Å². The normalized spacial score (nSPS) is 23.6. The number of nitro groups is 1. The van der Waals surface area contributed by atoms with Crippen LogP contribution in [0, 0.1) is 15.5 Å². The molecule has 0 aromatic heterocycles. The third-order valence-corrected chi connectivity index (χ3v) is 3.46. The molecule has 5 heteroatoms. The Kier molecular flexibility index (Phi) is 3.81. The van der Waals surface area contributed by atoms with Crippen molar-refractivity contribution < 1.29 is 4.92 Å². The van der Waals surface area contributed by atoms with Gasteiger partial charge in [0.1, 0.15) is 0 Å². The van der Waals surface area contributed by atoms with Gasteiger partial charge in [-0.2, -0.15) is 0 Å². The van der Waals surface area contributed by atoms with Crippen molar-refractivity contribution in [1.29, 1.82) is 0 Å². The van der Waals surface area contributed by atoms with E-state index in [0.29, 0.717) is 0 Å². The molecule has 1 fully saturated rings. The standard InChI is InChI=1S/C13H19N3O2/c1-13(6-3-7-14-9-13)10-15-11-4-2-5-12(8-11)16(17)18/h2,4-5,8,14-15H,3,6-7,9-10H2,1H3. The van der Waals surface area contributed by atoms with E-state index in [0.717, 1.165) is 25.3 Å². The zero-order valence-electron chi connectivity index (χ0n) is 10.6. The number of nitrogens with zero attached hydrogens (tertiary/aromatic N) is 1. The molecule has 1 heterocycles. The Morgan fingerprint density at radius 3 is 3.06 bits per heavy atom. The summed E-state index contributed by atoms with van der Waals surface area (Å²) in [5, 5.41) is 17.4. The second-order valence-electron chi connectivity index (χ2n) is 5.25. The molecule has 1 unspecified atom stereocenters. The molecule has 2 rings (SSSR count). The number of hydrogen-bond donors (Lipinski definition) is 2. The first-order valence-corrected chi connectivity index (χ1v) is 6.28. The number of piperidine rings is 1. The van der Waals surface area contributed by atoms with E-state index < -0.39 is 0 Å². The highest BCUT2D eigenvalue weighted by Gasteiger charge is 2.26. The first kappa shape index (κ1) is 12.8. The van der Waals surface area contributed by atoms with E-state index in [1.54, 1.807) is 12.1 Å². The van der Waals surface area contributed by atoms with E-state index in [1.807, 2.05) is 6.07 Å². The van der Waals surface area contributed by atoms with Crippen LogP contribution in [0.3, 0.4) is 0 Å². The van der Waals surface area contributed by atoms with Crippen LogP contribution in [0.5, 0.6) is 0 Å². The summed E-state index contributed by atoms with van der Waals surface area (Å²) in [5.41, 5.74) is 1.17. The number of anilines is 1. The molecule has 1 aromatic carbocycles. The van der Waals surface area contributed by atoms with E-state index >= 15 is 0 Å². The van der Waals surface area contributed by atoms with Crippen LogP contribution in [0.25, 0.3) is 0 Å². The van der Waals surface area contributed by atoms with Gasteiger partial charge in [-0.25, -0.2) is 0 Å². The summed E-state index contributed by atoms with van der Waals surface area (Å²) in [7, 11) is 0. The zero-order valence-corrected chi connectivity index (χ0v) is 10.6. The largest absolute Gasteiger partial charge is 0.384 e. The van der Waals surface area contributed by atoms with Crippen molar-refractivity contribution in [3.63, 3.8) is 0 Å². The first-order valence-electron chi connectivity index (χ1n) is 6.28. The van der Waals surface area contributed by atoms with Crippen LogP contribution in [-0.4, -0.2) is 24.6 Å². The van der Waals surface area contributed by atoms with Gasteiger partial charge in [-0.1, -0.05) is 13.0 Å². The van der Waals surface area contributed by atoms with Crippen molar-refractivity contribution in [3.05, 3.63) is 34.4 Å². The SMILES string of the molecule is CC1(CNc2cccc([N+](=O)[O-])c2)CCCNC1. The minimum absolute atomic E-state index is 0.131. The average molecular weight is 249 g/mol.